The van der Waals surface area contributed by atoms with Gasteiger partial charge in [0.15, 0.2) is 0 Å². The van der Waals surface area contributed by atoms with Crippen LogP contribution in [0.2, 0.25) is 0 Å². The number of hydrogen-bond donors (Lipinski definition) is 6. The van der Waals surface area contributed by atoms with E-state index < -0.39 is 48.4 Å². The van der Waals surface area contributed by atoms with Crippen molar-refractivity contribution >= 4 is 36.3 Å². The summed E-state index contributed by atoms with van der Waals surface area (Å²) in [6.07, 6.45) is 0. The third-order valence-electron chi connectivity index (χ3n) is 3.00. The van der Waals surface area contributed by atoms with Crippen molar-refractivity contribution in [3.63, 3.8) is 0 Å². The highest BCUT2D eigenvalue weighted by Gasteiger charge is 2.26. The predicted octanol–water partition coefficient (Wildman–Crippen LogP) is -1.91. The van der Waals surface area contributed by atoms with E-state index in [0.717, 1.165) is 0 Å². The first-order valence-corrected chi connectivity index (χ1v) is 7.70. The molecule has 10 heteroatoms. The van der Waals surface area contributed by atoms with Gasteiger partial charge in [-0.1, -0.05) is 13.8 Å². The maximum Gasteiger partial charge on any atom is 0.322 e. The standard InChI is InChI=1S/C13H24N4O5S/c1-6(2)10(14)13(22)17-8(5-23)12(21)16-7(3)11(20)15-4-9(18)19/h6-8,10,23H,4-5,14H2,1-3H3,(H,15,20)(H,16,21)(H,17,22)(H,18,19). The third-order valence-corrected chi connectivity index (χ3v) is 3.37. The molecule has 6 N–H and O–H groups in total. The minimum atomic E-state index is -1.19. The molecule has 0 heterocycles. The van der Waals surface area contributed by atoms with Gasteiger partial charge in [-0.3, -0.25) is 19.2 Å². The summed E-state index contributed by atoms with van der Waals surface area (Å²) in [6.45, 7) is 4.39. The van der Waals surface area contributed by atoms with Crippen LogP contribution in [0.25, 0.3) is 0 Å². The van der Waals surface area contributed by atoms with E-state index in [1.807, 2.05) is 0 Å². The minimum absolute atomic E-state index is 0.0197. The molecule has 0 aromatic carbocycles. The molecule has 0 saturated carbocycles. The van der Waals surface area contributed by atoms with Crippen molar-refractivity contribution in [3.05, 3.63) is 0 Å². The number of rotatable bonds is 9. The SMILES string of the molecule is CC(NC(=O)C(CS)NC(=O)C(N)C(C)C)C(=O)NCC(=O)O. The molecule has 0 aromatic heterocycles. The number of hydrogen-bond acceptors (Lipinski definition) is 6. The Hall–Kier alpha value is -1.81. The summed E-state index contributed by atoms with van der Waals surface area (Å²) in [4.78, 5) is 45.9. The zero-order valence-electron chi connectivity index (χ0n) is 13.3. The van der Waals surface area contributed by atoms with Crippen molar-refractivity contribution in [2.45, 2.75) is 38.9 Å². The zero-order valence-corrected chi connectivity index (χ0v) is 14.2. The van der Waals surface area contributed by atoms with E-state index in [-0.39, 0.29) is 11.7 Å². The first-order valence-electron chi connectivity index (χ1n) is 7.06. The fraction of sp³-hybridized carbons (Fsp3) is 0.692. The number of thiol groups is 1. The summed E-state index contributed by atoms with van der Waals surface area (Å²) >= 11 is 4.00. The summed E-state index contributed by atoms with van der Waals surface area (Å²) < 4.78 is 0. The topological polar surface area (TPSA) is 151 Å². The normalized spacial score (nSPS) is 14.5. The van der Waals surface area contributed by atoms with Crippen LogP contribution in [0.3, 0.4) is 0 Å². The summed E-state index contributed by atoms with van der Waals surface area (Å²) in [6, 6.07) is -2.67. The average molecular weight is 348 g/mol. The number of carbonyl (C=O) groups is 4. The van der Waals surface area contributed by atoms with Crippen molar-refractivity contribution < 1.29 is 24.3 Å². The van der Waals surface area contributed by atoms with Crippen LogP contribution in [0.1, 0.15) is 20.8 Å². The Kier molecular flexibility index (Phi) is 9.27. The quantitative estimate of drug-likeness (QED) is 0.268. The Morgan fingerprint density at radius 3 is 2.04 bits per heavy atom. The molecule has 3 atom stereocenters. The van der Waals surface area contributed by atoms with Crippen LogP contribution in [-0.2, 0) is 19.2 Å². The summed E-state index contributed by atoms with van der Waals surface area (Å²) in [5.74, 6) is -3.02. The van der Waals surface area contributed by atoms with Gasteiger partial charge in [0.1, 0.15) is 18.6 Å². The van der Waals surface area contributed by atoms with Gasteiger partial charge in [-0.15, -0.1) is 0 Å². The molecule has 0 rings (SSSR count). The van der Waals surface area contributed by atoms with Crippen molar-refractivity contribution in [3.8, 4) is 0 Å². The van der Waals surface area contributed by atoms with Crippen LogP contribution < -0.4 is 21.7 Å². The van der Waals surface area contributed by atoms with Gasteiger partial charge in [-0.25, -0.2) is 0 Å². The molecule has 0 aliphatic carbocycles. The van der Waals surface area contributed by atoms with Crippen LogP contribution in [0.4, 0.5) is 0 Å². The molecule has 132 valence electrons. The molecule has 0 fully saturated rings. The molecule has 0 saturated heterocycles. The second-order valence-corrected chi connectivity index (χ2v) is 5.72. The van der Waals surface area contributed by atoms with Gasteiger partial charge in [0, 0.05) is 5.75 Å². The van der Waals surface area contributed by atoms with Crippen molar-refractivity contribution in [2.75, 3.05) is 12.3 Å². The van der Waals surface area contributed by atoms with E-state index in [1.165, 1.54) is 6.92 Å². The van der Waals surface area contributed by atoms with E-state index in [1.54, 1.807) is 13.8 Å². The van der Waals surface area contributed by atoms with Crippen LogP contribution >= 0.6 is 12.6 Å². The van der Waals surface area contributed by atoms with Gasteiger partial charge < -0.3 is 26.8 Å². The predicted molar refractivity (Wildman–Crippen MR) is 86.8 cm³/mol. The van der Waals surface area contributed by atoms with Gasteiger partial charge in [-0.05, 0) is 12.8 Å². The highest BCUT2D eigenvalue weighted by molar-refractivity contribution is 7.80. The summed E-state index contributed by atoms with van der Waals surface area (Å²) in [7, 11) is 0. The Labute approximate surface area is 140 Å². The van der Waals surface area contributed by atoms with E-state index in [2.05, 4.69) is 28.6 Å². The van der Waals surface area contributed by atoms with Gasteiger partial charge in [-0.2, -0.15) is 12.6 Å². The molecule has 0 aliphatic rings. The number of amides is 3. The lowest BCUT2D eigenvalue weighted by atomic mass is 10.0. The summed E-state index contributed by atoms with van der Waals surface area (Å²) in [5, 5.41) is 15.5. The number of nitrogens with one attached hydrogen (secondary N) is 3. The number of aliphatic carboxylic acids is 1. The third kappa shape index (κ3) is 7.84. The first kappa shape index (κ1) is 21.2. The Morgan fingerprint density at radius 2 is 1.61 bits per heavy atom. The second kappa shape index (κ2) is 10.1. The monoisotopic (exact) mass is 348 g/mol. The first-order chi connectivity index (χ1) is 10.6. The Morgan fingerprint density at radius 1 is 1.04 bits per heavy atom. The molecule has 9 nitrogen and oxygen atoms in total. The molecule has 3 unspecified atom stereocenters. The second-order valence-electron chi connectivity index (χ2n) is 5.36. The molecule has 0 aliphatic heterocycles. The highest BCUT2D eigenvalue weighted by atomic mass is 32.1. The lowest BCUT2D eigenvalue weighted by Crippen LogP contribution is -2.56. The minimum Gasteiger partial charge on any atom is -0.480 e. The average Bonchev–Trinajstić information content (AvgIpc) is 2.48. The van der Waals surface area contributed by atoms with Crippen LogP contribution in [0, 0.1) is 5.92 Å². The maximum atomic E-state index is 12.0. The highest BCUT2D eigenvalue weighted by Crippen LogP contribution is 2.00. The van der Waals surface area contributed by atoms with Crippen LogP contribution in [0.15, 0.2) is 0 Å². The Balaban J connectivity index is 4.57. The fourth-order valence-electron chi connectivity index (χ4n) is 1.46. The summed E-state index contributed by atoms with van der Waals surface area (Å²) in [5.41, 5.74) is 5.69. The maximum absolute atomic E-state index is 12.0. The van der Waals surface area contributed by atoms with Crippen LogP contribution in [-0.4, -0.2) is 59.2 Å². The van der Waals surface area contributed by atoms with Gasteiger partial charge in [0.25, 0.3) is 0 Å². The fourth-order valence-corrected chi connectivity index (χ4v) is 1.72. The van der Waals surface area contributed by atoms with Crippen LogP contribution in [0.5, 0.6) is 0 Å². The molecule has 0 bridgehead atoms. The smallest absolute Gasteiger partial charge is 0.322 e. The van der Waals surface area contributed by atoms with E-state index in [4.69, 9.17) is 10.8 Å². The van der Waals surface area contributed by atoms with Gasteiger partial charge in [0.2, 0.25) is 17.7 Å². The number of carboxylic acid groups (broad SMARTS) is 1. The molecule has 0 spiro atoms. The van der Waals surface area contributed by atoms with E-state index in [9.17, 15) is 19.2 Å². The molecular formula is C13H24N4O5S. The van der Waals surface area contributed by atoms with Crippen molar-refractivity contribution in [1.82, 2.24) is 16.0 Å². The molecule has 0 aromatic rings. The van der Waals surface area contributed by atoms with Gasteiger partial charge >= 0.3 is 5.97 Å². The lowest BCUT2D eigenvalue weighted by Gasteiger charge is -2.22. The molecular weight excluding hydrogens is 324 g/mol. The van der Waals surface area contributed by atoms with Crippen molar-refractivity contribution in [1.29, 1.82) is 0 Å². The Bertz CT molecular complexity index is 458. The lowest BCUT2D eigenvalue weighted by molar-refractivity contribution is -0.138. The molecule has 0 radical (unpaired) electrons. The number of carboxylic acids is 1. The van der Waals surface area contributed by atoms with E-state index in [0.29, 0.717) is 0 Å². The number of carbonyl (C=O) groups excluding carboxylic acids is 3. The number of nitrogens with two attached hydrogens (primary N) is 1. The van der Waals surface area contributed by atoms with Gasteiger partial charge in [0.05, 0.1) is 6.04 Å². The molecule has 3 amide bonds. The molecule has 23 heavy (non-hydrogen) atoms. The van der Waals surface area contributed by atoms with E-state index >= 15 is 0 Å². The zero-order chi connectivity index (χ0) is 18.2. The largest absolute Gasteiger partial charge is 0.480 e. The van der Waals surface area contributed by atoms with Crippen molar-refractivity contribution in [2.24, 2.45) is 11.7 Å².